The summed E-state index contributed by atoms with van der Waals surface area (Å²) in [4.78, 5) is 11.7. The first kappa shape index (κ1) is 15.6. The van der Waals surface area contributed by atoms with Crippen molar-refractivity contribution in [3.05, 3.63) is 64.9 Å². The third kappa shape index (κ3) is 3.66. The molecule has 0 spiro atoms. The summed E-state index contributed by atoms with van der Waals surface area (Å²) < 4.78 is 39.6. The highest BCUT2D eigenvalue weighted by Gasteiger charge is 2.19. The third-order valence-corrected chi connectivity index (χ3v) is 4.62. The van der Waals surface area contributed by atoms with Crippen molar-refractivity contribution < 1.29 is 17.6 Å². The van der Waals surface area contributed by atoms with Gasteiger partial charge in [0.1, 0.15) is 10.7 Å². The Hall–Kier alpha value is -1.76. The molecule has 0 radical (unpaired) electrons. The number of nitrogens with one attached hydrogen (secondary N) is 1. The summed E-state index contributed by atoms with van der Waals surface area (Å²) in [6.45, 7) is -0.547. The van der Waals surface area contributed by atoms with Crippen molar-refractivity contribution in [1.82, 2.24) is 4.72 Å². The Kier molecular flexibility index (Phi) is 4.72. The van der Waals surface area contributed by atoms with Crippen LogP contribution in [0.5, 0.6) is 0 Å². The van der Waals surface area contributed by atoms with Crippen LogP contribution in [-0.4, -0.2) is 20.7 Å². The topological polar surface area (TPSA) is 63.2 Å². The highest BCUT2D eigenvalue weighted by molar-refractivity contribution is 7.89. The van der Waals surface area contributed by atoms with E-state index in [1.165, 1.54) is 36.4 Å². The van der Waals surface area contributed by atoms with E-state index in [1.807, 2.05) is 0 Å². The minimum atomic E-state index is -3.93. The van der Waals surface area contributed by atoms with Crippen LogP contribution in [0.15, 0.2) is 53.4 Å². The molecule has 7 heteroatoms. The summed E-state index contributed by atoms with van der Waals surface area (Å²) in [5, 5.41) is 0.0448. The zero-order valence-electron chi connectivity index (χ0n) is 10.7. The molecule has 110 valence electrons. The number of hydrogen-bond acceptors (Lipinski definition) is 3. The molecule has 4 nitrogen and oxygen atoms in total. The van der Waals surface area contributed by atoms with Gasteiger partial charge in [-0.2, -0.15) is 0 Å². The number of carbonyl (C=O) groups excluding carboxylic acids is 1. The molecule has 0 fully saturated rings. The Morgan fingerprint density at radius 2 is 1.71 bits per heavy atom. The van der Waals surface area contributed by atoms with E-state index in [4.69, 9.17) is 11.6 Å². The lowest BCUT2D eigenvalue weighted by Gasteiger charge is -2.08. The van der Waals surface area contributed by atoms with E-state index in [1.54, 1.807) is 6.07 Å². The Bertz CT molecular complexity index is 777. The molecular weight excluding hydrogens is 317 g/mol. The lowest BCUT2D eigenvalue weighted by Crippen LogP contribution is -2.30. The van der Waals surface area contributed by atoms with Gasteiger partial charge in [-0.15, -0.1) is 0 Å². The van der Waals surface area contributed by atoms with Crippen LogP contribution >= 0.6 is 11.6 Å². The van der Waals surface area contributed by atoms with E-state index >= 15 is 0 Å². The number of hydrogen-bond donors (Lipinski definition) is 1. The van der Waals surface area contributed by atoms with E-state index in [2.05, 4.69) is 4.72 Å². The Morgan fingerprint density at radius 3 is 2.38 bits per heavy atom. The fraction of sp³-hybridized carbons (Fsp3) is 0.0714. The molecule has 2 rings (SSSR count). The van der Waals surface area contributed by atoms with Gasteiger partial charge < -0.3 is 0 Å². The van der Waals surface area contributed by atoms with Crippen molar-refractivity contribution >= 4 is 27.4 Å². The van der Waals surface area contributed by atoms with Crippen LogP contribution in [0.1, 0.15) is 10.4 Å². The Morgan fingerprint density at radius 1 is 1.10 bits per heavy atom. The summed E-state index contributed by atoms with van der Waals surface area (Å²) in [5.41, 5.74) is -0.167. The van der Waals surface area contributed by atoms with Crippen molar-refractivity contribution in [2.24, 2.45) is 0 Å². The normalized spacial score (nSPS) is 11.3. The van der Waals surface area contributed by atoms with Gasteiger partial charge in [0.2, 0.25) is 10.0 Å². The maximum atomic E-state index is 13.4. The molecule has 0 aliphatic rings. The predicted octanol–water partition coefficient (Wildman–Crippen LogP) is 2.64. The number of rotatable bonds is 5. The van der Waals surface area contributed by atoms with Crippen molar-refractivity contribution in [1.29, 1.82) is 0 Å². The summed E-state index contributed by atoms with van der Waals surface area (Å²) >= 11 is 5.80. The molecule has 2 aromatic rings. The van der Waals surface area contributed by atoms with Crippen molar-refractivity contribution in [3.63, 3.8) is 0 Å². The van der Waals surface area contributed by atoms with Crippen molar-refractivity contribution in [2.45, 2.75) is 4.90 Å². The molecule has 0 saturated carbocycles. The lowest BCUT2D eigenvalue weighted by molar-refractivity contribution is 0.0993. The van der Waals surface area contributed by atoms with Crippen LogP contribution in [0.2, 0.25) is 5.02 Å². The van der Waals surface area contributed by atoms with Crippen molar-refractivity contribution in [3.8, 4) is 0 Å². The zero-order valence-corrected chi connectivity index (χ0v) is 12.3. The molecule has 21 heavy (non-hydrogen) atoms. The predicted molar refractivity (Wildman–Crippen MR) is 77.4 cm³/mol. The van der Waals surface area contributed by atoms with Gasteiger partial charge in [-0.25, -0.2) is 17.5 Å². The van der Waals surface area contributed by atoms with E-state index in [0.717, 1.165) is 6.07 Å². The van der Waals surface area contributed by atoms with Gasteiger partial charge >= 0.3 is 0 Å². The molecule has 1 N–H and O–H groups in total. The molecule has 0 bridgehead atoms. The number of Topliss-reactive ketones (excluding diaryl/α,β-unsaturated/α-hetero) is 1. The molecule has 0 saturated heterocycles. The molecule has 0 aliphatic carbocycles. The molecule has 0 unspecified atom stereocenters. The van der Waals surface area contributed by atoms with Crippen molar-refractivity contribution in [2.75, 3.05) is 6.54 Å². The zero-order chi connectivity index (χ0) is 15.5. The van der Waals surface area contributed by atoms with Crippen LogP contribution in [0.4, 0.5) is 4.39 Å². The fourth-order valence-electron chi connectivity index (χ4n) is 1.68. The average Bonchev–Trinajstić information content (AvgIpc) is 2.45. The fourth-order valence-corrected chi connectivity index (χ4v) is 3.18. The molecular formula is C14H11ClFNO3S. The van der Waals surface area contributed by atoms with Gasteiger partial charge in [0.15, 0.2) is 5.78 Å². The standard InChI is InChI=1S/C14H11ClFNO3S/c15-11-6-2-4-8-14(11)21(19,20)17-9-13(18)10-5-1-3-7-12(10)16/h1-8,17H,9H2. The molecule has 0 atom stereocenters. The van der Waals surface area contributed by atoms with Crippen LogP contribution in [0.25, 0.3) is 0 Å². The maximum absolute atomic E-state index is 13.4. The van der Waals surface area contributed by atoms with Gasteiger partial charge in [0.25, 0.3) is 0 Å². The largest absolute Gasteiger partial charge is 0.293 e. The van der Waals surface area contributed by atoms with Crippen LogP contribution in [-0.2, 0) is 10.0 Å². The first-order valence-corrected chi connectivity index (χ1v) is 7.80. The van der Waals surface area contributed by atoms with E-state index in [9.17, 15) is 17.6 Å². The molecule has 0 aliphatic heterocycles. The molecule has 0 amide bonds. The minimum absolute atomic E-state index is 0.0448. The molecule has 0 aromatic heterocycles. The van der Waals surface area contributed by atoms with Crippen LogP contribution in [0.3, 0.4) is 0 Å². The third-order valence-electron chi connectivity index (χ3n) is 2.72. The second-order valence-electron chi connectivity index (χ2n) is 4.16. The van der Waals surface area contributed by atoms with Crippen LogP contribution < -0.4 is 4.72 Å². The average molecular weight is 328 g/mol. The quantitative estimate of drug-likeness (QED) is 0.859. The number of benzene rings is 2. The highest BCUT2D eigenvalue weighted by atomic mass is 35.5. The number of carbonyl (C=O) groups is 1. The second-order valence-corrected chi connectivity index (χ2v) is 6.30. The first-order valence-electron chi connectivity index (χ1n) is 5.94. The Balaban J connectivity index is 2.15. The first-order chi connectivity index (χ1) is 9.92. The summed E-state index contributed by atoms with van der Waals surface area (Å²) in [7, 11) is -3.93. The van der Waals surface area contributed by atoms with Crippen LogP contribution in [0, 0.1) is 5.82 Å². The SMILES string of the molecule is O=C(CNS(=O)(=O)c1ccccc1Cl)c1ccccc1F. The monoisotopic (exact) mass is 327 g/mol. The van der Waals surface area contributed by atoms with E-state index in [0.29, 0.717) is 0 Å². The number of sulfonamides is 1. The summed E-state index contributed by atoms with van der Waals surface area (Å²) in [6, 6.07) is 11.2. The second kappa shape index (κ2) is 6.34. The van der Waals surface area contributed by atoms with E-state index in [-0.39, 0.29) is 15.5 Å². The minimum Gasteiger partial charge on any atom is -0.293 e. The lowest BCUT2D eigenvalue weighted by atomic mass is 10.1. The van der Waals surface area contributed by atoms with Gasteiger partial charge in [-0.05, 0) is 24.3 Å². The summed E-state index contributed by atoms with van der Waals surface area (Å²) in [6.07, 6.45) is 0. The Labute approximate surface area is 126 Å². The van der Waals surface area contributed by atoms with Gasteiger partial charge in [-0.3, -0.25) is 4.79 Å². The number of halogens is 2. The highest BCUT2D eigenvalue weighted by Crippen LogP contribution is 2.20. The van der Waals surface area contributed by atoms with E-state index < -0.39 is 28.2 Å². The van der Waals surface area contributed by atoms with Gasteiger partial charge in [0.05, 0.1) is 17.1 Å². The smallest absolute Gasteiger partial charge is 0.242 e. The maximum Gasteiger partial charge on any atom is 0.242 e. The molecule has 0 heterocycles. The van der Waals surface area contributed by atoms with Gasteiger partial charge in [-0.1, -0.05) is 35.9 Å². The summed E-state index contributed by atoms with van der Waals surface area (Å²) in [5.74, 6) is -1.36. The molecule has 2 aromatic carbocycles. The number of ketones is 1. The van der Waals surface area contributed by atoms with Gasteiger partial charge in [0, 0.05) is 0 Å².